The van der Waals surface area contributed by atoms with E-state index in [1.165, 1.54) is 12.3 Å². The monoisotopic (exact) mass is 187 g/mol. The molecule has 0 aliphatic heterocycles. The predicted octanol–water partition coefficient (Wildman–Crippen LogP) is 1.91. The average molecular weight is 187 g/mol. The fourth-order valence-corrected chi connectivity index (χ4v) is 1.05. The minimum atomic E-state index is -4.50. The summed E-state index contributed by atoms with van der Waals surface area (Å²) in [7, 11) is 0. The quantitative estimate of drug-likeness (QED) is 0.630. The summed E-state index contributed by atoms with van der Waals surface area (Å²) in [6.45, 7) is 0. The molecule has 0 unspecified atom stereocenters. The normalized spacial score (nSPS) is 12.2. The molecule has 0 amide bonds. The van der Waals surface area contributed by atoms with Crippen LogP contribution in [-0.4, -0.2) is 14.8 Å². The minimum absolute atomic E-state index is 0.0532. The smallest absolute Gasteiger partial charge is 0.237 e. The van der Waals surface area contributed by atoms with E-state index in [1.807, 2.05) is 0 Å². The number of hydrogen-bond donors (Lipinski definition) is 0. The van der Waals surface area contributed by atoms with Gasteiger partial charge < -0.3 is 0 Å². The molecule has 13 heavy (non-hydrogen) atoms. The second-order valence-corrected chi connectivity index (χ2v) is 2.44. The van der Waals surface area contributed by atoms with Gasteiger partial charge in [0.1, 0.15) is 0 Å². The molecule has 0 atom stereocenters. The first kappa shape index (κ1) is 8.03. The molecule has 6 heteroatoms. The van der Waals surface area contributed by atoms with Crippen LogP contribution in [0, 0.1) is 0 Å². The molecule has 2 heterocycles. The fraction of sp³-hybridized carbons (Fsp3) is 0.143. The number of rotatable bonds is 0. The number of hydrogen-bond acceptors (Lipinski definition) is 2. The highest BCUT2D eigenvalue weighted by Crippen LogP contribution is 2.24. The van der Waals surface area contributed by atoms with Crippen molar-refractivity contribution in [2.45, 2.75) is 6.30 Å². The molecule has 2 aromatic heterocycles. The fourth-order valence-electron chi connectivity index (χ4n) is 1.05. The average Bonchev–Trinajstić information content (AvgIpc) is 2.45. The molecule has 3 nitrogen and oxygen atoms in total. The van der Waals surface area contributed by atoms with Gasteiger partial charge in [-0.2, -0.15) is 9.78 Å². The van der Waals surface area contributed by atoms with Gasteiger partial charge in [-0.25, -0.2) is 4.98 Å². The van der Waals surface area contributed by atoms with E-state index in [2.05, 4.69) is 10.1 Å². The van der Waals surface area contributed by atoms with Gasteiger partial charge in [0.15, 0.2) is 5.65 Å². The highest BCUT2D eigenvalue weighted by molar-refractivity contribution is 5.73. The van der Waals surface area contributed by atoms with Gasteiger partial charge in [-0.3, -0.25) is 0 Å². The summed E-state index contributed by atoms with van der Waals surface area (Å²) in [5, 5.41) is 3.57. The molecule has 0 aliphatic carbocycles. The molecule has 0 fully saturated rings. The number of aromatic nitrogens is 3. The van der Waals surface area contributed by atoms with Crippen LogP contribution in [-0.2, 0) is 6.30 Å². The second kappa shape index (κ2) is 2.45. The van der Waals surface area contributed by atoms with E-state index in [0.717, 1.165) is 6.20 Å². The summed E-state index contributed by atoms with van der Waals surface area (Å²) < 4.78 is 36.6. The summed E-state index contributed by atoms with van der Waals surface area (Å²) >= 11 is 0. The molecule has 0 N–H and O–H groups in total. The molecule has 68 valence electrons. The van der Waals surface area contributed by atoms with E-state index < -0.39 is 6.30 Å². The van der Waals surface area contributed by atoms with Crippen molar-refractivity contribution in [2.24, 2.45) is 0 Å². The van der Waals surface area contributed by atoms with Crippen LogP contribution in [0.25, 0.3) is 11.0 Å². The van der Waals surface area contributed by atoms with Crippen molar-refractivity contribution in [3.63, 3.8) is 0 Å². The van der Waals surface area contributed by atoms with Crippen LogP contribution in [0.4, 0.5) is 13.2 Å². The Kier molecular flexibility index (Phi) is 1.51. The lowest BCUT2D eigenvalue weighted by Crippen LogP contribution is -2.18. The lowest BCUT2D eigenvalue weighted by atomic mass is 10.4. The Hall–Kier alpha value is -1.59. The summed E-state index contributed by atoms with van der Waals surface area (Å²) in [6, 6.07) is 3.09. The molecular formula is C7H4F3N3. The molecule has 0 saturated heterocycles. The Morgan fingerprint density at radius 3 is 2.77 bits per heavy atom. The number of pyridine rings is 1. The van der Waals surface area contributed by atoms with E-state index in [1.54, 1.807) is 6.07 Å². The molecule has 0 aliphatic rings. The van der Waals surface area contributed by atoms with Gasteiger partial charge in [-0.15, -0.1) is 13.2 Å². The van der Waals surface area contributed by atoms with Gasteiger partial charge in [0.2, 0.25) is 0 Å². The second-order valence-electron chi connectivity index (χ2n) is 2.44. The zero-order valence-corrected chi connectivity index (χ0v) is 6.28. The lowest BCUT2D eigenvalue weighted by molar-refractivity contribution is -0.209. The maximum absolute atomic E-state index is 12.2. The molecule has 0 aromatic carbocycles. The molecule has 2 rings (SSSR count). The van der Waals surface area contributed by atoms with Crippen LogP contribution in [0.2, 0.25) is 0 Å². The Labute approximate surface area is 70.8 Å². The van der Waals surface area contributed by atoms with Gasteiger partial charge >= 0.3 is 6.30 Å². The van der Waals surface area contributed by atoms with Crippen molar-refractivity contribution in [1.29, 1.82) is 0 Å². The number of fused-ring (bicyclic) bond motifs is 1. The Balaban J connectivity index is 2.72. The summed E-state index contributed by atoms with van der Waals surface area (Å²) in [5.41, 5.74) is -0.171. The summed E-state index contributed by atoms with van der Waals surface area (Å²) in [5.74, 6) is 0. The zero-order chi connectivity index (χ0) is 9.47. The third kappa shape index (κ3) is 1.24. The number of nitrogens with zero attached hydrogens (tertiary/aromatic N) is 3. The third-order valence-electron chi connectivity index (χ3n) is 1.57. The van der Waals surface area contributed by atoms with Crippen molar-refractivity contribution >= 4 is 11.0 Å². The van der Waals surface area contributed by atoms with Gasteiger partial charge in [-0.05, 0) is 12.1 Å². The van der Waals surface area contributed by atoms with Crippen LogP contribution in [0.5, 0.6) is 0 Å². The first-order valence-corrected chi connectivity index (χ1v) is 3.45. The SMILES string of the molecule is FC(F)(F)n1ncc2cccnc21. The summed E-state index contributed by atoms with van der Waals surface area (Å²) in [6.07, 6.45) is -2.07. The van der Waals surface area contributed by atoms with E-state index in [4.69, 9.17) is 0 Å². The Morgan fingerprint density at radius 2 is 2.08 bits per heavy atom. The number of alkyl halides is 3. The van der Waals surface area contributed by atoms with Crippen LogP contribution < -0.4 is 0 Å². The first-order chi connectivity index (χ1) is 6.09. The molecule has 0 radical (unpaired) electrons. The highest BCUT2D eigenvalue weighted by atomic mass is 19.4. The van der Waals surface area contributed by atoms with E-state index >= 15 is 0 Å². The van der Waals surface area contributed by atoms with Crippen molar-refractivity contribution < 1.29 is 13.2 Å². The van der Waals surface area contributed by atoms with Gasteiger partial charge in [0.25, 0.3) is 0 Å². The van der Waals surface area contributed by atoms with Gasteiger partial charge in [0, 0.05) is 11.6 Å². The number of halogens is 3. The van der Waals surface area contributed by atoms with Crippen molar-refractivity contribution in [2.75, 3.05) is 0 Å². The molecule has 0 bridgehead atoms. The maximum atomic E-state index is 12.2. The molecular weight excluding hydrogens is 183 g/mol. The largest absolute Gasteiger partial charge is 0.506 e. The Morgan fingerprint density at radius 1 is 1.31 bits per heavy atom. The standard InChI is InChI=1S/C7H4F3N3/c8-7(9,10)13-6-5(4-12-13)2-1-3-11-6/h1-4H. The van der Waals surface area contributed by atoms with E-state index in [0.29, 0.717) is 5.39 Å². The van der Waals surface area contributed by atoms with Crippen LogP contribution >= 0.6 is 0 Å². The van der Waals surface area contributed by atoms with Crippen molar-refractivity contribution in [1.82, 2.24) is 14.8 Å². The highest BCUT2D eigenvalue weighted by Gasteiger charge is 2.33. The van der Waals surface area contributed by atoms with E-state index in [-0.39, 0.29) is 10.3 Å². The third-order valence-corrected chi connectivity index (χ3v) is 1.57. The molecule has 0 saturated carbocycles. The van der Waals surface area contributed by atoms with Crippen LogP contribution in [0.3, 0.4) is 0 Å². The van der Waals surface area contributed by atoms with Gasteiger partial charge in [0.05, 0.1) is 6.20 Å². The molecule has 2 aromatic rings. The maximum Gasteiger partial charge on any atom is 0.506 e. The minimum Gasteiger partial charge on any atom is -0.237 e. The first-order valence-electron chi connectivity index (χ1n) is 3.45. The van der Waals surface area contributed by atoms with Crippen molar-refractivity contribution in [3.8, 4) is 0 Å². The van der Waals surface area contributed by atoms with Gasteiger partial charge in [-0.1, -0.05) is 0 Å². The van der Waals surface area contributed by atoms with Crippen LogP contribution in [0.15, 0.2) is 24.5 Å². The van der Waals surface area contributed by atoms with Crippen molar-refractivity contribution in [3.05, 3.63) is 24.5 Å². The Bertz CT molecular complexity index is 432. The van der Waals surface area contributed by atoms with E-state index in [9.17, 15) is 13.2 Å². The van der Waals surface area contributed by atoms with Crippen LogP contribution in [0.1, 0.15) is 0 Å². The predicted molar refractivity (Wildman–Crippen MR) is 38.8 cm³/mol. The summed E-state index contributed by atoms with van der Waals surface area (Å²) in [4.78, 5) is 3.59. The lowest BCUT2D eigenvalue weighted by Gasteiger charge is -2.05. The topological polar surface area (TPSA) is 30.7 Å². The zero-order valence-electron chi connectivity index (χ0n) is 6.28. The molecule has 0 spiro atoms.